The zero-order valence-electron chi connectivity index (χ0n) is 14.4. The Morgan fingerprint density at radius 3 is 2.13 bits per heavy atom. The van der Waals surface area contributed by atoms with Crippen LogP contribution in [0.15, 0.2) is 15.8 Å². The van der Waals surface area contributed by atoms with Gasteiger partial charge < -0.3 is 39.3 Å². The van der Waals surface area contributed by atoms with E-state index in [9.17, 15) is 43.5 Å². The Kier molecular flexibility index (Phi) is 7.90. The molecule has 7 atom stereocenters. The fourth-order valence-corrected chi connectivity index (χ4v) is 5.74. The van der Waals surface area contributed by atoms with Crippen LogP contribution in [0.2, 0.25) is 0 Å². The fourth-order valence-electron chi connectivity index (χ4n) is 2.28. The molecule has 22 heteroatoms. The van der Waals surface area contributed by atoms with Crippen molar-refractivity contribution in [1.82, 2.24) is 9.55 Å². The Balaban J connectivity index is 2.34. The van der Waals surface area contributed by atoms with Crippen LogP contribution in [0, 0.1) is 0 Å². The molecule has 178 valence electrons. The van der Waals surface area contributed by atoms with Gasteiger partial charge >= 0.3 is 29.2 Å². The summed E-state index contributed by atoms with van der Waals surface area (Å²) < 4.78 is 50.5. The van der Waals surface area contributed by atoms with Gasteiger partial charge in [-0.15, -0.1) is 0 Å². The van der Waals surface area contributed by atoms with E-state index in [1.807, 2.05) is 0 Å². The highest BCUT2D eigenvalue weighted by Crippen LogP contribution is 2.65. The predicted molar refractivity (Wildman–Crippen MR) is 96.7 cm³/mol. The van der Waals surface area contributed by atoms with Gasteiger partial charge in [0.05, 0.1) is 6.20 Å². The van der Waals surface area contributed by atoms with Crippen LogP contribution in [0.25, 0.3) is 0 Å². The third kappa shape index (κ3) is 6.86. The number of rotatable bonds is 8. The molecular formula is C9H14BrN2O16P3. The number of nitrogens with zero attached hydrogens (tertiary/aromatic N) is 1. The number of phosphoric acid groups is 3. The molecule has 1 aromatic heterocycles. The lowest BCUT2D eigenvalue weighted by Gasteiger charge is -2.19. The van der Waals surface area contributed by atoms with E-state index in [2.05, 4.69) is 29.1 Å². The van der Waals surface area contributed by atoms with Gasteiger partial charge in [0.1, 0.15) is 23.3 Å². The van der Waals surface area contributed by atoms with Crippen molar-refractivity contribution in [2.24, 2.45) is 0 Å². The second-order valence-electron chi connectivity index (χ2n) is 5.69. The third-order valence-electron chi connectivity index (χ3n) is 3.39. The number of aliphatic hydroxyl groups excluding tert-OH is 3. The van der Waals surface area contributed by atoms with E-state index in [1.54, 1.807) is 4.98 Å². The summed E-state index contributed by atoms with van der Waals surface area (Å²) in [6.45, 7) is 0. The minimum Gasteiger partial charge on any atom is -0.396 e. The van der Waals surface area contributed by atoms with Crippen molar-refractivity contribution in [3.63, 3.8) is 0 Å². The lowest BCUT2D eigenvalue weighted by atomic mass is 10.1. The lowest BCUT2D eigenvalue weighted by molar-refractivity contribution is -0.0615. The van der Waals surface area contributed by atoms with E-state index < -0.39 is 70.0 Å². The number of aromatic nitrogens is 2. The van der Waals surface area contributed by atoms with Crippen LogP contribution >= 0.6 is 39.4 Å². The smallest absolute Gasteiger partial charge is 0.396 e. The molecule has 8 N–H and O–H groups in total. The summed E-state index contributed by atoms with van der Waals surface area (Å²) in [6, 6.07) is 0. The molecule has 2 rings (SSSR count). The summed E-state index contributed by atoms with van der Waals surface area (Å²) in [5, 5.41) is 27.8. The molecule has 0 aliphatic carbocycles. The van der Waals surface area contributed by atoms with Crippen molar-refractivity contribution in [2.45, 2.75) is 29.6 Å². The van der Waals surface area contributed by atoms with Crippen LogP contribution in [0.1, 0.15) is 6.23 Å². The first-order valence-electron chi connectivity index (χ1n) is 7.45. The maximum atomic E-state index is 12.0. The second kappa shape index (κ2) is 9.24. The van der Waals surface area contributed by atoms with Gasteiger partial charge in [-0.05, 0) is 0 Å². The van der Waals surface area contributed by atoms with Crippen molar-refractivity contribution < 1.29 is 66.5 Å². The number of aliphatic hydroxyl groups is 3. The molecule has 0 spiro atoms. The molecule has 0 bridgehead atoms. The zero-order valence-corrected chi connectivity index (χ0v) is 18.7. The number of nitrogens with one attached hydrogen (secondary N) is 1. The third-order valence-corrected chi connectivity index (χ3v) is 7.66. The highest BCUT2D eigenvalue weighted by Gasteiger charge is 2.47. The molecule has 0 amide bonds. The van der Waals surface area contributed by atoms with E-state index in [-0.39, 0.29) is 0 Å². The minimum atomic E-state index is -5.88. The van der Waals surface area contributed by atoms with Gasteiger partial charge in [0.15, 0.2) is 6.23 Å². The molecule has 1 aromatic rings. The predicted octanol–water partition coefficient (Wildman–Crippen LogP) is -2.43. The fraction of sp³-hybridized carbons (Fsp3) is 0.556. The Morgan fingerprint density at radius 1 is 1.06 bits per heavy atom. The first-order chi connectivity index (χ1) is 13.9. The number of hydrogen-bond acceptors (Lipinski definition) is 12. The zero-order chi connectivity index (χ0) is 23.9. The highest BCUT2D eigenvalue weighted by molar-refractivity contribution is 9.09. The Morgan fingerprint density at radius 2 is 1.65 bits per heavy atom. The Bertz CT molecular complexity index is 1080. The van der Waals surface area contributed by atoms with Gasteiger partial charge in [0, 0.05) is 0 Å². The van der Waals surface area contributed by atoms with E-state index in [1.165, 1.54) is 0 Å². The van der Waals surface area contributed by atoms with E-state index in [0.717, 1.165) is 0 Å². The molecule has 0 saturated carbocycles. The number of H-pyrrole nitrogens is 1. The molecule has 2 heterocycles. The molecule has 0 radical (unpaired) electrons. The number of ether oxygens (including phenoxy) is 1. The van der Waals surface area contributed by atoms with Crippen molar-refractivity contribution in [2.75, 3.05) is 0 Å². The molecule has 0 aromatic carbocycles. The van der Waals surface area contributed by atoms with Gasteiger partial charge in [-0.3, -0.25) is 19.2 Å². The second-order valence-corrected chi connectivity index (χ2v) is 11.0. The van der Waals surface area contributed by atoms with Gasteiger partial charge in [-0.1, -0.05) is 15.9 Å². The van der Waals surface area contributed by atoms with E-state index >= 15 is 0 Å². The van der Waals surface area contributed by atoms with Gasteiger partial charge in [0.2, 0.25) is 5.75 Å². The average molecular weight is 579 g/mol. The van der Waals surface area contributed by atoms with Crippen LogP contribution in [-0.2, 0) is 27.1 Å². The topological polar surface area (TPSA) is 285 Å². The maximum Gasteiger partial charge on any atom is 0.536 e. The largest absolute Gasteiger partial charge is 0.536 e. The summed E-state index contributed by atoms with van der Waals surface area (Å²) in [5.74, 6) is -1.23. The van der Waals surface area contributed by atoms with Crippen molar-refractivity contribution in [3.8, 4) is 5.75 Å². The van der Waals surface area contributed by atoms with Gasteiger partial charge in [-0.25, -0.2) is 18.5 Å². The summed E-state index contributed by atoms with van der Waals surface area (Å²) >= 11 is 2.69. The Hall–Kier alpha value is -0.750. The lowest BCUT2D eigenvalue weighted by Crippen LogP contribution is -2.38. The summed E-state index contributed by atoms with van der Waals surface area (Å²) in [5.41, 5.74) is -2.75. The number of hydrogen-bond donors (Lipinski definition) is 8. The van der Waals surface area contributed by atoms with Gasteiger partial charge in [0.25, 0.3) is 5.56 Å². The van der Waals surface area contributed by atoms with Crippen molar-refractivity contribution >= 4 is 39.4 Å². The van der Waals surface area contributed by atoms with Crippen LogP contribution in [0.3, 0.4) is 0 Å². The van der Waals surface area contributed by atoms with Crippen molar-refractivity contribution in [3.05, 3.63) is 27.0 Å². The average Bonchev–Trinajstić information content (AvgIpc) is 2.82. The van der Waals surface area contributed by atoms with Crippen LogP contribution in [0.4, 0.5) is 0 Å². The molecule has 18 nitrogen and oxygen atoms in total. The molecule has 1 fully saturated rings. The first kappa shape index (κ1) is 26.5. The standard InChI is InChI=1S/C9H14BrN2O16P3/c10-6(15)5-3(13)4(14)8(25-5)12-1-2(7(16)11-9(12)17)26-30(21,22)28-31(23,24)27-29(18,19)20/h1,3-6,8,13-15H,(H,21,22)(H,23,24)(H,11,16,17)(H2,18,19,20)/t3-,4+,5-,6?,8+/m0/s1. The molecule has 1 aliphatic rings. The van der Waals surface area contributed by atoms with Crippen LogP contribution < -0.4 is 15.8 Å². The summed E-state index contributed by atoms with van der Waals surface area (Å²) in [7, 11) is -17.3. The first-order valence-corrected chi connectivity index (χ1v) is 12.9. The molecule has 31 heavy (non-hydrogen) atoms. The van der Waals surface area contributed by atoms with Gasteiger partial charge in [-0.2, -0.15) is 8.62 Å². The van der Waals surface area contributed by atoms with Crippen LogP contribution in [-0.4, -0.2) is 67.8 Å². The minimum absolute atomic E-state index is 0.380. The van der Waals surface area contributed by atoms with E-state index in [0.29, 0.717) is 10.8 Å². The number of aromatic amines is 1. The van der Waals surface area contributed by atoms with Crippen molar-refractivity contribution in [1.29, 1.82) is 0 Å². The van der Waals surface area contributed by atoms with Crippen LogP contribution in [0.5, 0.6) is 5.75 Å². The number of halogens is 1. The summed E-state index contributed by atoms with van der Waals surface area (Å²) in [6.07, 6.45) is -6.37. The molecule has 3 unspecified atom stereocenters. The SMILES string of the molecule is O=c1[nH]c(=O)n([C@@H]2O[C@H](C(O)Br)[C@@H](O)[C@H]2O)cc1OP(=O)(O)OP(=O)(O)OP(=O)(O)O. The molecule has 1 saturated heterocycles. The highest BCUT2D eigenvalue weighted by atomic mass is 79.9. The quantitative estimate of drug-likeness (QED) is 0.117. The summed E-state index contributed by atoms with van der Waals surface area (Å²) in [4.78, 5) is 61.0. The Labute approximate surface area is 178 Å². The molecular weight excluding hydrogens is 565 g/mol. The normalized spacial score (nSPS) is 29.2. The number of alkyl halides is 1. The number of phosphoric ester groups is 1. The maximum absolute atomic E-state index is 12.0. The monoisotopic (exact) mass is 578 g/mol. The molecule has 1 aliphatic heterocycles. The van der Waals surface area contributed by atoms with E-state index in [4.69, 9.17) is 19.4 Å².